The van der Waals surface area contributed by atoms with Gasteiger partial charge < -0.3 is 8.83 Å². The average molecular weight is 805 g/mol. The van der Waals surface area contributed by atoms with Crippen LogP contribution in [0.4, 0.5) is 0 Å². The molecule has 306 valence electrons. The maximum Gasteiger partial charge on any atom is 0.200 e. The minimum absolute atomic E-state index is 0.0897. The molecule has 0 bridgehead atoms. The van der Waals surface area contributed by atoms with Gasteiger partial charge in [-0.3, -0.25) is 4.57 Å². The monoisotopic (exact) mass is 804 g/mol. The summed E-state index contributed by atoms with van der Waals surface area (Å²) in [6.45, 7) is 19.7. The summed E-state index contributed by atoms with van der Waals surface area (Å²) in [6.07, 6.45) is 0.920. The summed E-state index contributed by atoms with van der Waals surface area (Å²) in [5.41, 5.74) is 12.2. The first-order chi connectivity index (χ1) is 30.2. The molecule has 10 aromatic rings. The fourth-order valence-corrected chi connectivity index (χ4v) is 9.26. The molecule has 0 aliphatic rings. The molecule has 0 saturated carbocycles. The van der Waals surface area contributed by atoms with Gasteiger partial charge in [0.25, 0.3) is 0 Å². The Morgan fingerprint density at radius 1 is 0.656 bits per heavy atom. The van der Waals surface area contributed by atoms with E-state index in [9.17, 15) is 0 Å². The Balaban J connectivity index is 1.35. The molecule has 0 aliphatic carbocycles. The lowest BCUT2D eigenvalue weighted by molar-refractivity contribution is 0.411. The van der Waals surface area contributed by atoms with Crippen molar-refractivity contribution in [2.45, 2.75) is 99.8 Å². The molecule has 0 unspecified atom stereocenters. The Labute approximate surface area is 362 Å². The van der Waals surface area contributed by atoms with Gasteiger partial charge in [-0.05, 0) is 123 Å². The van der Waals surface area contributed by atoms with Crippen LogP contribution in [-0.2, 0) is 11.8 Å². The van der Waals surface area contributed by atoms with Gasteiger partial charge in [-0.15, -0.1) is 0 Å². The molecule has 5 nitrogen and oxygen atoms in total. The largest absolute Gasteiger partial charge is 0.455 e. The van der Waals surface area contributed by atoms with E-state index in [0.29, 0.717) is 33.9 Å². The molecule has 0 aliphatic heterocycles. The zero-order valence-electron chi connectivity index (χ0n) is 39.9. The Morgan fingerprint density at radius 3 is 2.07 bits per heavy atom. The number of fused-ring (bicyclic) bond motifs is 9. The minimum atomic E-state index is -2.41. The Morgan fingerprint density at radius 2 is 1.38 bits per heavy atom. The van der Waals surface area contributed by atoms with Gasteiger partial charge in [0.1, 0.15) is 22.5 Å². The van der Waals surface area contributed by atoms with E-state index >= 15 is 0 Å². The topological polar surface area (TPSA) is 57.0 Å². The molecule has 5 heteroatoms. The van der Waals surface area contributed by atoms with Crippen LogP contribution in [0.2, 0.25) is 0 Å². The highest BCUT2D eigenvalue weighted by Crippen LogP contribution is 2.46. The van der Waals surface area contributed by atoms with Gasteiger partial charge in [-0.2, -0.15) is 0 Å². The Hall–Kier alpha value is -6.20. The van der Waals surface area contributed by atoms with Crippen molar-refractivity contribution < 1.29 is 12.9 Å². The number of nitrogens with zero attached hydrogens (tertiary/aromatic N) is 3. The summed E-state index contributed by atoms with van der Waals surface area (Å²) in [5.74, 6) is 1.65. The summed E-state index contributed by atoms with van der Waals surface area (Å²) in [6, 6.07) is 38.1. The number of rotatable bonds is 6. The quantitative estimate of drug-likeness (QED) is 0.168. The highest BCUT2D eigenvalue weighted by atomic mass is 16.3. The van der Waals surface area contributed by atoms with E-state index in [1.54, 1.807) is 6.07 Å². The van der Waals surface area contributed by atoms with Crippen LogP contribution < -0.4 is 0 Å². The molecule has 0 N–H and O–H groups in total. The summed E-state index contributed by atoms with van der Waals surface area (Å²) in [5, 5.41) is 5.34. The second-order valence-corrected chi connectivity index (χ2v) is 19.9. The van der Waals surface area contributed by atoms with Gasteiger partial charge in [-0.25, -0.2) is 9.97 Å². The van der Waals surface area contributed by atoms with Crippen molar-refractivity contribution in [2.75, 3.05) is 0 Å². The standard InChI is InChI=1S/C56H55N3O2/c1-31(2)40-27-38(35-15-13-12-14-16-35)28-41(32(3)4)50(40)59-51-43-25-34(30-55(6,7)8)18-19-36(43)20-23-45(51)57-53(59)39-22-17-33(5)48-44-26-37-21-24-46-49(58-54(61-46)56(9,10)11)42(37)29-47(44)60-52(39)48/h12-29,31-32H,30H2,1-11H3/i5D3. The zero-order chi connectivity index (χ0) is 45.2. The predicted octanol–water partition coefficient (Wildman–Crippen LogP) is 16.1. The minimum Gasteiger partial charge on any atom is -0.455 e. The van der Waals surface area contributed by atoms with E-state index in [1.807, 2.05) is 30.3 Å². The van der Waals surface area contributed by atoms with Crippen LogP contribution in [0.5, 0.6) is 0 Å². The third-order valence-corrected chi connectivity index (χ3v) is 12.2. The molecule has 10 rings (SSSR count). The molecule has 0 radical (unpaired) electrons. The second-order valence-electron chi connectivity index (χ2n) is 19.9. The molecule has 0 fully saturated rings. The first kappa shape index (κ1) is 35.5. The maximum absolute atomic E-state index is 8.80. The van der Waals surface area contributed by atoms with Crippen molar-refractivity contribution in [3.05, 3.63) is 137 Å². The highest BCUT2D eigenvalue weighted by molar-refractivity contribution is 6.17. The predicted molar refractivity (Wildman–Crippen MR) is 257 cm³/mol. The van der Waals surface area contributed by atoms with Crippen LogP contribution in [0.15, 0.2) is 118 Å². The van der Waals surface area contributed by atoms with Crippen molar-refractivity contribution >= 4 is 65.6 Å². The molecule has 7 aromatic carbocycles. The summed E-state index contributed by atoms with van der Waals surface area (Å²) in [4.78, 5) is 10.5. The normalized spacial score (nSPS) is 13.8. The summed E-state index contributed by atoms with van der Waals surface area (Å²) in [7, 11) is 0. The van der Waals surface area contributed by atoms with Crippen molar-refractivity contribution in [3.8, 4) is 28.2 Å². The van der Waals surface area contributed by atoms with Crippen LogP contribution in [0.1, 0.15) is 113 Å². The number of furan rings is 1. The van der Waals surface area contributed by atoms with Gasteiger partial charge in [0, 0.05) is 31.1 Å². The third-order valence-electron chi connectivity index (χ3n) is 12.2. The molecule has 3 heterocycles. The molecule has 61 heavy (non-hydrogen) atoms. The van der Waals surface area contributed by atoms with E-state index in [-0.39, 0.29) is 28.2 Å². The average Bonchev–Trinajstić information content (AvgIpc) is 3.95. The van der Waals surface area contributed by atoms with E-state index < -0.39 is 6.85 Å². The first-order valence-electron chi connectivity index (χ1n) is 23.2. The number of aryl methyl sites for hydroxylation is 1. The second kappa shape index (κ2) is 13.9. The number of oxazole rings is 1. The van der Waals surface area contributed by atoms with Crippen molar-refractivity contribution in [3.63, 3.8) is 0 Å². The highest BCUT2D eigenvalue weighted by Gasteiger charge is 2.28. The summed E-state index contributed by atoms with van der Waals surface area (Å²) >= 11 is 0. The Kier molecular flexibility index (Phi) is 8.11. The van der Waals surface area contributed by atoms with Gasteiger partial charge in [0.05, 0.1) is 22.3 Å². The fraction of sp³-hybridized carbons (Fsp3) is 0.286. The van der Waals surface area contributed by atoms with Gasteiger partial charge in [0.2, 0.25) is 5.89 Å². The lowest BCUT2D eigenvalue weighted by Crippen LogP contribution is -2.10. The number of aromatic nitrogens is 3. The van der Waals surface area contributed by atoms with Crippen LogP contribution in [0.3, 0.4) is 0 Å². The molecule has 3 aromatic heterocycles. The van der Waals surface area contributed by atoms with Crippen molar-refractivity contribution in [1.82, 2.24) is 14.5 Å². The number of hydrogen-bond acceptors (Lipinski definition) is 4. The number of hydrogen-bond donors (Lipinski definition) is 0. The van der Waals surface area contributed by atoms with Crippen molar-refractivity contribution in [1.29, 1.82) is 0 Å². The first-order valence-corrected chi connectivity index (χ1v) is 21.7. The zero-order valence-corrected chi connectivity index (χ0v) is 36.9. The molecule has 0 amide bonds. The fourth-order valence-electron chi connectivity index (χ4n) is 9.26. The SMILES string of the molecule is [2H]C([2H])([2H])c1ccc(-c2nc3ccc4ccc(CC(C)(C)C)cc4c3n2-c2c(C(C)C)cc(-c3ccccc3)cc2C(C)C)c2oc3cc4c(ccc5oc(C(C)(C)C)nc54)cc3c12. The van der Waals surface area contributed by atoms with Gasteiger partial charge in [-0.1, -0.05) is 130 Å². The molecular formula is C56H55N3O2. The van der Waals surface area contributed by atoms with E-state index in [1.165, 1.54) is 27.8 Å². The summed E-state index contributed by atoms with van der Waals surface area (Å²) < 4.78 is 42.1. The van der Waals surface area contributed by atoms with E-state index in [0.717, 1.165) is 61.2 Å². The van der Waals surface area contributed by atoms with Gasteiger partial charge >= 0.3 is 0 Å². The number of imidazole rings is 1. The smallest absolute Gasteiger partial charge is 0.200 e. The van der Waals surface area contributed by atoms with E-state index in [4.69, 9.17) is 22.9 Å². The van der Waals surface area contributed by atoms with Crippen LogP contribution in [0, 0.1) is 12.3 Å². The molecular weight excluding hydrogens is 747 g/mol. The Bertz CT molecular complexity index is 3450. The third kappa shape index (κ3) is 6.52. The van der Waals surface area contributed by atoms with Crippen LogP contribution in [-0.4, -0.2) is 14.5 Å². The number of benzene rings is 7. The lowest BCUT2D eigenvalue weighted by atomic mass is 9.87. The molecule has 0 atom stereocenters. The lowest BCUT2D eigenvalue weighted by Gasteiger charge is -2.25. The van der Waals surface area contributed by atoms with Gasteiger partial charge in [0.15, 0.2) is 5.58 Å². The molecule has 0 saturated heterocycles. The van der Waals surface area contributed by atoms with E-state index in [2.05, 4.69) is 147 Å². The van der Waals surface area contributed by atoms with Crippen molar-refractivity contribution in [2.24, 2.45) is 5.41 Å². The molecule has 0 spiro atoms. The van der Waals surface area contributed by atoms with Crippen LogP contribution >= 0.6 is 0 Å². The maximum atomic E-state index is 8.80. The van der Waals surface area contributed by atoms with Crippen LogP contribution in [0.25, 0.3) is 93.8 Å².